The second-order valence-corrected chi connectivity index (χ2v) is 10.1. The van der Waals surface area contributed by atoms with Gasteiger partial charge in [0.1, 0.15) is 5.69 Å². The molecular formula is C22H18Br2N2OS. The minimum absolute atomic E-state index is 0.0282. The number of aromatic nitrogens is 1. The highest BCUT2D eigenvalue weighted by Gasteiger charge is 2.21. The molecule has 3 nitrogen and oxygen atoms in total. The van der Waals surface area contributed by atoms with E-state index in [1.165, 1.54) is 0 Å². The van der Waals surface area contributed by atoms with Crippen molar-refractivity contribution in [3.63, 3.8) is 0 Å². The summed E-state index contributed by atoms with van der Waals surface area (Å²) in [7, 11) is 1.86. The largest absolute Gasteiger partial charge is 0.336 e. The van der Waals surface area contributed by atoms with Gasteiger partial charge in [-0.05, 0) is 51.3 Å². The maximum Gasteiger partial charge on any atom is 0.270 e. The number of amides is 1. The van der Waals surface area contributed by atoms with Crippen LogP contribution in [0.5, 0.6) is 0 Å². The lowest BCUT2D eigenvalue weighted by atomic mass is 10.2. The molecule has 4 aromatic rings. The van der Waals surface area contributed by atoms with E-state index >= 15 is 0 Å². The zero-order chi connectivity index (χ0) is 19.7. The molecule has 0 aliphatic carbocycles. The van der Waals surface area contributed by atoms with Crippen LogP contribution in [0.2, 0.25) is 0 Å². The Morgan fingerprint density at radius 3 is 2.43 bits per heavy atom. The van der Waals surface area contributed by atoms with Crippen LogP contribution < -0.4 is 0 Å². The third-order valence-corrected chi connectivity index (χ3v) is 6.74. The van der Waals surface area contributed by atoms with Crippen LogP contribution in [-0.2, 0) is 13.1 Å². The van der Waals surface area contributed by atoms with Gasteiger partial charge in [-0.15, -0.1) is 11.3 Å². The van der Waals surface area contributed by atoms with Crippen LogP contribution in [0.1, 0.15) is 21.6 Å². The van der Waals surface area contributed by atoms with Crippen molar-refractivity contribution in [2.75, 3.05) is 7.05 Å². The minimum atomic E-state index is 0.0282. The van der Waals surface area contributed by atoms with Gasteiger partial charge in [0.05, 0.1) is 14.0 Å². The quantitative estimate of drug-likeness (QED) is 0.294. The van der Waals surface area contributed by atoms with Gasteiger partial charge in [-0.1, -0.05) is 58.4 Å². The van der Waals surface area contributed by atoms with E-state index in [2.05, 4.69) is 54.6 Å². The maximum atomic E-state index is 13.3. The van der Waals surface area contributed by atoms with E-state index in [1.807, 2.05) is 55.6 Å². The Balaban J connectivity index is 1.68. The van der Waals surface area contributed by atoms with Crippen LogP contribution in [0.4, 0.5) is 0 Å². The van der Waals surface area contributed by atoms with Crippen LogP contribution in [0, 0.1) is 0 Å². The number of carbonyl (C=O) groups excluding carboxylic acids is 1. The second-order valence-electron chi connectivity index (χ2n) is 6.69. The van der Waals surface area contributed by atoms with Gasteiger partial charge < -0.3 is 9.47 Å². The molecule has 0 radical (unpaired) electrons. The first kappa shape index (κ1) is 19.4. The fourth-order valence-electron chi connectivity index (χ4n) is 3.26. The molecule has 6 heteroatoms. The smallest absolute Gasteiger partial charge is 0.270 e. The van der Waals surface area contributed by atoms with E-state index in [9.17, 15) is 4.79 Å². The summed E-state index contributed by atoms with van der Waals surface area (Å²) >= 11 is 8.70. The highest BCUT2D eigenvalue weighted by Crippen LogP contribution is 2.33. The molecule has 0 saturated heterocycles. The van der Waals surface area contributed by atoms with Crippen molar-refractivity contribution in [3.05, 3.63) is 91.8 Å². The van der Waals surface area contributed by atoms with Crippen molar-refractivity contribution in [1.82, 2.24) is 9.47 Å². The number of hydrogen-bond acceptors (Lipinski definition) is 2. The van der Waals surface area contributed by atoms with Gasteiger partial charge in [0.2, 0.25) is 0 Å². The molecule has 0 aliphatic rings. The summed E-state index contributed by atoms with van der Waals surface area (Å²) in [4.78, 5) is 15.0. The number of rotatable bonds is 5. The monoisotopic (exact) mass is 516 g/mol. The highest BCUT2D eigenvalue weighted by atomic mass is 79.9. The van der Waals surface area contributed by atoms with Crippen LogP contribution >= 0.6 is 43.2 Å². The number of nitrogens with zero attached hydrogens (tertiary/aromatic N) is 2. The molecule has 2 aromatic carbocycles. The topological polar surface area (TPSA) is 25.2 Å². The maximum absolute atomic E-state index is 13.3. The Labute approximate surface area is 184 Å². The van der Waals surface area contributed by atoms with Crippen LogP contribution in [-0.4, -0.2) is 22.4 Å². The summed E-state index contributed by atoms with van der Waals surface area (Å²) < 4.78 is 5.34. The van der Waals surface area contributed by atoms with Crippen molar-refractivity contribution in [2.45, 2.75) is 13.1 Å². The SMILES string of the molecule is CN(Cc1ccccc1)C(=O)c1cc2sc(Br)cc2n1Cc1ccc(Br)cc1. The van der Waals surface area contributed by atoms with E-state index < -0.39 is 0 Å². The number of halogens is 2. The Hall–Kier alpha value is -1.89. The zero-order valence-electron chi connectivity index (χ0n) is 15.2. The molecule has 0 bridgehead atoms. The minimum Gasteiger partial charge on any atom is -0.336 e. The molecule has 0 saturated carbocycles. The third-order valence-electron chi connectivity index (χ3n) is 4.64. The van der Waals surface area contributed by atoms with E-state index in [4.69, 9.17) is 0 Å². The molecular weight excluding hydrogens is 500 g/mol. The zero-order valence-corrected chi connectivity index (χ0v) is 19.2. The normalized spacial score (nSPS) is 11.1. The average molecular weight is 518 g/mol. The van der Waals surface area contributed by atoms with Gasteiger partial charge in [0, 0.05) is 24.6 Å². The van der Waals surface area contributed by atoms with Crippen LogP contribution in [0.15, 0.2) is 75.0 Å². The summed E-state index contributed by atoms with van der Waals surface area (Å²) in [6.45, 7) is 1.24. The Kier molecular flexibility index (Phi) is 5.71. The lowest BCUT2D eigenvalue weighted by Crippen LogP contribution is -2.28. The van der Waals surface area contributed by atoms with E-state index in [0.717, 1.165) is 35.3 Å². The van der Waals surface area contributed by atoms with Crippen LogP contribution in [0.3, 0.4) is 0 Å². The molecule has 2 aromatic heterocycles. The molecule has 0 spiro atoms. The van der Waals surface area contributed by atoms with Crippen molar-refractivity contribution in [3.8, 4) is 0 Å². The predicted molar refractivity (Wildman–Crippen MR) is 123 cm³/mol. The summed E-state index contributed by atoms with van der Waals surface area (Å²) in [5, 5.41) is 0. The third kappa shape index (κ3) is 4.09. The molecule has 142 valence electrons. The van der Waals surface area contributed by atoms with E-state index in [-0.39, 0.29) is 5.91 Å². The lowest BCUT2D eigenvalue weighted by molar-refractivity contribution is 0.0775. The number of thiophene rings is 1. The molecule has 0 atom stereocenters. The predicted octanol–water partition coefficient (Wildman–Crippen LogP) is 6.55. The van der Waals surface area contributed by atoms with Crippen molar-refractivity contribution < 1.29 is 4.79 Å². The number of fused-ring (bicyclic) bond motifs is 1. The Bertz CT molecular complexity index is 1120. The van der Waals surface area contributed by atoms with Gasteiger partial charge in [-0.25, -0.2) is 0 Å². The fraction of sp³-hybridized carbons (Fsp3) is 0.136. The van der Waals surface area contributed by atoms with Crippen molar-refractivity contribution in [1.29, 1.82) is 0 Å². The number of hydrogen-bond donors (Lipinski definition) is 0. The first-order valence-electron chi connectivity index (χ1n) is 8.83. The molecule has 0 N–H and O–H groups in total. The van der Waals surface area contributed by atoms with Crippen molar-refractivity contribution >= 4 is 59.3 Å². The summed E-state index contributed by atoms with van der Waals surface area (Å²) in [6, 6.07) is 22.4. The van der Waals surface area contributed by atoms with Gasteiger partial charge in [0.25, 0.3) is 5.91 Å². The standard InChI is InChI=1S/C22H18Br2N2OS/c1-25(13-15-5-3-2-4-6-15)22(27)19-11-20-18(12-21(24)28-20)26(19)14-16-7-9-17(23)10-8-16/h2-12H,13-14H2,1H3. The van der Waals surface area contributed by atoms with Gasteiger partial charge in [-0.3, -0.25) is 4.79 Å². The molecule has 2 heterocycles. The first-order chi connectivity index (χ1) is 13.5. The molecule has 4 rings (SSSR count). The fourth-order valence-corrected chi connectivity index (χ4v) is 5.09. The number of benzene rings is 2. The van der Waals surface area contributed by atoms with Gasteiger partial charge in [0.15, 0.2) is 0 Å². The highest BCUT2D eigenvalue weighted by molar-refractivity contribution is 9.11. The second kappa shape index (κ2) is 8.23. The first-order valence-corrected chi connectivity index (χ1v) is 11.2. The molecule has 28 heavy (non-hydrogen) atoms. The Morgan fingerprint density at radius 2 is 1.71 bits per heavy atom. The lowest BCUT2D eigenvalue weighted by Gasteiger charge is -2.19. The van der Waals surface area contributed by atoms with Gasteiger partial charge >= 0.3 is 0 Å². The van der Waals surface area contributed by atoms with Gasteiger partial charge in [-0.2, -0.15) is 0 Å². The van der Waals surface area contributed by atoms with E-state index in [1.54, 1.807) is 16.2 Å². The van der Waals surface area contributed by atoms with Crippen LogP contribution in [0.25, 0.3) is 10.2 Å². The summed E-state index contributed by atoms with van der Waals surface area (Å²) in [5.74, 6) is 0.0282. The number of carbonyl (C=O) groups is 1. The van der Waals surface area contributed by atoms with E-state index in [0.29, 0.717) is 13.1 Å². The summed E-state index contributed by atoms with van der Waals surface area (Å²) in [6.07, 6.45) is 0. The Morgan fingerprint density at radius 1 is 1.00 bits per heavy atom. The molecule has 0 aliphatic heterocycles. The average Bonchev–Trinajstić information content (AvgIpc) is 3.20. The van der Waals surface area contributed by atoms with Crippen molar-refractivity contribution in [2.24, 2.45) is 0 Å². The summed E-state index contributed by atoms with van der Waals surface area (Å²) in [5.41, 5.74) is 4.07. The molecule has 0 fully saturated rings. The molecule has 1 amide bonds. The molecule has 0 unspecified atom stereocenters.